The number of nitrogens with two attached hydrogens (primary N) is 1. The van der Waals surface area contributed by atoms with E-state index in [1.54, 1.807) is 0 Å². The van der Waals surface area contributed by atoms with Crippen LogP contribution in [-0.4, -0.2) is 4.98 Å². The smallest absolute Gasteiger partial charge is 0.0701 e. The van der Waals surface area contributed by atoms with Gasteiger partial charge >= 0.3 is 0 Å². The molecular weight excluding hydrogens is 396 g/mol. The minimum atomic E-state index is 0. The predicted octanol–water partition coefficient (Wildman–Crippen LogP) is 6.15. The molecule has 0 bridgehead atoms. The molecule has 0 fully saturated rings. The van der Waals surface area contributed by atoms with Crippen molar-refractivity contribution in [2.45, 2.75) is 6.54 Å². The molecule has 0 aliphatic rings. The third-order valence-corrected chi connectivity index (χ3v) is 4.73. The molecule has 3 heteroatoms. The second-order valence-corrected chi connectivity index (χ2v) is 6.64. The molecule has 2 nitrogen and oxygen atoms in total. The van der Waals surface area contributed by atoms with Gasteiger partial charge in [-0.2, -0.15) is 0 Å². The number of pyridine rings is 1. The molecule has 2 N–H and O–H groups in total. The van der Waals surface area contributed by atoms with Gasteiger partial charge in [0.2, 0.25) is 0 Å². The zero-order valence-corrected chi connectivity index (χ0v) is 17.1. The van der Waals surface area contributed by atoms with Gasteiger partial charge in [0, 0.05) is 34.7 Å². The topological polar surface area (TPSA) is 38.9 Å². The van der Waals surface area contributed by atoms with E-state index in [4.69, 9.17) is 10.7 Å². The number of benzene rings is 2. The van der Waals surface area contributed by atoms with Gasteiger partial charge in [-0.15, -0.1) is 35.9 Å². The molecule has 1 aromatic heterocycles. The minimum absolute atomic E-state index is 0. The molecule has 0 amide bonds. The molecule has 150 valence electrons. The van der Waals surface area contributed by atoms with Crippen LogP contribution in [0.2, 0.25) is 0 Å². The number of hydrogen-bond acceptors (Lipinski definition) is 2. The maximum absolute atomic E-state index is 5.66. The van der Waals surface area contributed by atoms with Crippen molar-refractivity contribution in [2.24, 2.45) is 5.73 Å². The molecule has 1 heterocycles. The van der Waals surface area contributed by atoms with Crippen molar-refractivity contribution < 1.29 is 17.1 Å². The van der Waals surface area contributed by atoms with Crippen molar-refractivity contribution in [2.75, 3.05) is 0 Å². The van der Waals surface area contributed by atoms with Crippen molar-refractivity contribution >= 4 is 10.9 Å². The van der Waals surface area contributed by atoms with E-state index in [-0.39, 0.29) is 17.1 Å². The van der Waals surface area contributed by atoms with Gasteiger partial charge in [-0.1, -0.05) is 47.5 Å². The molecule has 0 spiro atoms. The van der Waals surface area contributed by atoms with Gasteiger partial charge in [-0.3, -0.25) is 4.98 Å². The van der Waals surface area contributed by atoms with E-state index in [1.807, 2.05) is 48.5 Å². The summed E-state index contributed by atoms with van der Waals surface area (Å²) in [7, 11) is 0. The van der Waals surface area contributed by atoms with Crippen LogP contribution in [0.25, 0.3) is 33.3 Å². The summed E-state index contributed by atoms with van der Waals surface area (Å²) in [6, 6.07) is 37.3. The summed E-state index contributed by atoms with van der Waals surface area (Å²) in [4.78, 5) is 4.76. The maximum atomic E-state index is 5.66. The van der Waals surface area contributed by atoms with Crippen molar-refractivity contribution in [1.82, 2.24) is 4.98 Å². The van der Waals surface area contributed by atoms with Crippen LogP contribution in [-0.2, 0) is 23.6 Å². The van der Waals surface area contributed by atoms with Crippen LogP contribution in [0, 0.1) is 0 Å². The number of nitrogens with zero attached hydrogens (tertiary/aromatic N) is 1. The molecule has 0 saturated heterocycles. The number of para-hydroxylation sites is 1. The standard InChI is InChI=1S/C21H17N2.C5H5.Fe/c22-14-15-5-7-16(8-6-15)18-9-10-19(13-18)21-12-11-17-3-1-2-4-20(17)23-21;1-2-4-5-3-1;/h1-13H,14,22H2;1-5H;/q-1;-5;. The molecule has 0 saturated carbocycles. The Morgan fingerprint density at radius 2 is 1.48 bits per heavy atom. The fraction of sp³-hybridized carbons (Fsp3) is 0.0385. The van der Waals surface area contributed by atoms with Crippen LogP contribution < -0.4 is 5.73 Å². The minimum Gasteiger partial charge on any atom is -0.748 e. The molecule has 0 atom stereocenters. The predicted molar refractivity (Wildman–Crippen MR) is 118 cm³/mol. The van der Waals surface area contributed by atoms with E-state index in [0.717, 1.165) is 22.3 Å². The summed E-state index contributed by atoms with van der Waals surface area (Å²) >= 11 is 0. The third kappa shape index (κ3) is 5.10. The van der Waals surface area contributed by atoms with Crippen molar-refractivity contribution in [3.05, 3.63) is 115 Å². The van der Waals surface area contributed by atoms with Crippen LogP contribution in [0.4, 0.5) is 0 Å². The zero-order valence-electron chi connectivity index (χ0n) is 16.0. The van der Waals surface area contributed by atoms with E-state index in [9.17, 15) is 0 Å². The second-order valence-electron chi connectivity index (χ2n) is 6.64. The average Bonchev–Trinajstić information content (AvgIpc) is 3.49. The monoisotopic (exact) mass is 418 g/mol. The normalized spacial score (nSPS) is 10.1. The van der Waals surface area contributed by atoms with Crippen LogP contribution in [0.5, 0.6) is 0 Å². The van der Waals surface area contributed by atoms with Gasteiger partial charge in [-0.25, -0.2) is 0 Å². The molecule has 5 aromatic rings. The quantitative estimate of drug-likeness (QED) is 0.282. The van der Waals surface area contributed by atoms with Crippen LogP contribution >= 0.6 is 0 Å². The SMILES string of the molecule is NCc1ccc(-[c-]2ccc(-c3ccc4ccccc4n3)c2)cc1.[Fe].[cH-]1[cH-][cH-][cH-][cH-]1. The average molecular weight is 418 g/mol. The summed E-state index contributed by atoms with van der Waals surface area (Å²) < 4.78 is 0. The first kappa shape index (κ1) is 20.8. The zero-order chi connectivity index (χ0) is 19.2. The van der Waals surface area contributed by atoms with Crippen LogP contribution in [0.15, 0.2) is 109 Å². The van der Waals surface area contributed by atoms with Crippen LogP contribution in [0.3, 0.4) is 0 Å². The summed E-state index contributed by atoms with van der Waals surface area (Å²) in [6.45, 7) is 0.577. The van der Waals surface area contributed by atoms with E-state index < -0.39 is 0 Å². The Kier molecular flexibility index (Phi) is 7.15. The Morgan fingerprint density at radius 1 is 0.793 bits per heavy atom. The molecule has 29 heavy (non-hydrogen) atoms. The van der Waals surface area contributed by atoms with Gasteiger partial charge in [0.15, 0.2) is 0 Å². The fourth-order valence-corrected chi connectivity index (χ4v) is 3.16. The van der Waals surface area contributed by atoms with Gasteiger partial charge in [0.25, 0.3) is 0 Å². The van der Waals surface area contributed by atoms with E-state index in [1.165, 1.54) is 16.5 Å². The number of hydrogen-bond donors (Lipinski definition) is 1. The molecule has 0 aliphatic heterocycles. The van der Waals surface area contributed by atoms with E-state index in [2.05, 4.69) is 60.7 Å². The van der Waals surface area contributed by atoms with Crippen molar-refractivity contribution in [1.29, 1.82) is 0 Å². The van der Waals surface area contributed by atoms with Gasteiger partial charge in [0.1, 0.15) is 0 Å². The van der Waals surface area contributed by atoms with E-state index in [0.29, 0.717) is 6.54 Å². The molecule has 0 aliphatic carbocycles. The van der Waals surface area contributed by atoms with Crippen molar-refractivity contribution in [3.8, 4) is 22.4 Å². The summed E-state index contributed by atoms with van der Waals surface area (Å²) in [5.41, 5.74) is 12.4. The number of rotatable bonds is 3. The Hall–Kier alpha value is -2.97. The first-order valence-corrected chi connectivity index (χ1v) is 9.42. The van der Waals surface area contributed by atoms with Crippen LogP contribution in [0.1, 0.15) is 5.56 Å². The Balaban J connectivity index is 0.000000352. The summed E-state index contributed by atoms with van der Waals surface area (Å²) in [5, 5.41) is 1.17. The van der Waals surface area contributed by atoms with Crippen molar-refractivity contribution in [3.63, 3.8) is 0 Å². The number of fused-ring (bicyclic) bond motifs is 1. The molecule has 0 radical (unpaired) electrons. The second kappa shape index (κ2) is 9.99. The molecule has 4 aromatic carbocycles. The fourth-order valence-electron chi connectivity index (χ4n) is 3.16. The first-order valence-electron chi connectivity index (χ1n) is 9.42. The first-order chi connectivity index (χ1) is 13.8. The van der Waals surface area contributed by atoms with Gasteiger partial charge in [0.05, 0.1) is 5.52 Å². The van der Waals surface area contributed by atoms with Gasteiger partial charge in [-0.05, 0) is 17.7 Å². The third-order valence-electron chi connectivity index (χ3n) is 4.73. The summed E-state index contributed by atoms with van der Waals surface area (Å²) in [6.07, 6.45) is 0. The molecule has 0 unspecified atom stereocenters. The Bertz CT molecular complexity index is 1120. The largest absolute Gasteiger partial charge is 0.748 e. The molecular formula is C26H22FeN2-6. The number of aromatic nitrogens is 1. The maximum Gasteiger partial charge on any atom is 0.0701 e. The Labute approximate surface area is 182 Å². The summed E-state index contributed by atoms with van der Waals surface area (Å²) in [5.74, 6) is 0. The molecule has 5 rings (SSSR count). The van der Waals surface area contributed by atoms with E-state index >= 15 is 0 Å². The Morgan fingerprint density at radius 3 is 2.17 bits per heavy atom. The van der Waals surface area contributed by atoms with Gasteiger partial charge < -0.3 is 36.1 Å².